The lowest BCUT2D eigenvalue weighted by Crippen LogP contribution is -2.12. The van der Waals surface area contributed by atoms with E-state index in [1.807, 2.05) is 19.1 Å². The third-order valence-electron chi connectivity index (χ3n) is 2.21. The topological polar surface area (TPSA) is 42.2 Å². The van der Waals surface area contributed by atoms with Gasteiger partial charge in [0.25, 0.3) is 5.91 Å². The second-order valence-corrected chi connectivity index (χ2v) is 3.77. The number of amides is 1. The zero-order chi connectivity index (χ0) is 11.5. The van der Waals surface area contributed by atoms with Crippen molar-refractivity contribution < 1.29 is 9.21 Å². The number of anilines is 1. The molecule has 16 heavy (non-hydrogen) atoms. The SMILES string of the molecule is Cc1cccc(Cl)c1NC(=O)c1ccco1. The highest BCUT2D eigenvalue weighted by Gasteiger charge is 2.11. The second-order valence-electron chi connectivity index (χ2n) is 3.36. The Bertz CT molecular complexity index is 485. The zero-order valence-electron chi connectivity index (χ0n) is 8.66. The predicted octanol–water partition coefficient (Wildman–Crippen LogP) is 3.49. The zero-order valence-corrected chi connectivity index (χ0v) is 9.41. The Morgan fingerprint density at radius 1 is 1.31 bits per heavy atom. The molecule has 0 aliphatic heterocycles. The first-order valence-electron chi connectivity index (χ1n) is 4.78. The van der Waals surface area contributed by atoms with Crippen molar-refractivity contribution in [3.63, 3.8) is 0 Å². The molecule has 0 radical (unpaired) electrons. The van der Waals surface area contributed by atoms with Crippen molar-refractivity contribution in [1.82, 2.24) is 0 Å². The van der Waals surface area contributed by atoms with E-state index < -0.39 is 0 Å². The number of halogens is 1. The van der Waals surface area contributed by atoms with Crippen LogP contribution >= 0.6 is 11.6 Å². The van der Waals surface area contributed by atoms with Crippen molar-refractivity contribution in [2.24, 2.45) is 0 Å². The Morgan fingerprint density at radius 3 is 2.75 bits per heavy atom. The molecule has 0 saturated carbocycles. The highest BCUT2D eigenvalue weighted by molar-refractivity contribution is 6.34. The minimum atomic E-state index is -0.304. The smallest absolute Gasteiger partial charge is 0.291 e. The summed E-state index contributed by atoms with van der Waals surface area (Å²) in [6, 6.07) is 8.70. The van der Waals surface area contributed by atoms with Gasteiger partial charge in [0.05, 0.1) is 17.0 Å². The van der Waals surface area contributed by atoms with Crippen LogP contribution in [0.25, 0.3) is 0 Å². The number of benzene rings is 1. The molecule has 2 aromatic rings. The highest BCUT2D eigenvalue weighted by Crippen LogP contribution is 2.25. The number of furan rings is 1. The van der Waals surface area contributed by atoms with Crippen molar-refractivity contribution in [1.29, 1.82) is 0 Å². The molecule has 0 fully saturated rings. The summed E-state index contributed by atoms with van der Waals surface area (Å²) < 4.78 is 4.99. The summed E-state index contributed by atoms with van der Waals surface area (Å²) in [4.78, 5) is 11.7. The van der Waals surface area contributed by atoms with Crippen LogP contribution in [0.5, 0.6) is 0 Å². The molecule has 1 heterocycles. The quantitative estimate of drug-likeness (QED) is 0.866. The van der Waals surface area contributed by atoms with E-state index >= 15 is 0 Å². The Hall–Kier alpha value is -1.74. The van der Waals surface area contributed by atoms with E-state index in [-0.39, 0.29) is 11.7 Å². The Balaban J connectivity index is 2.25. The summed E-state index contributed by atoms with van der Waals surface area (Å²) >= 11 is 5.99. The number of carbonyl (C=O) groups excluding carboxylic acids is 1. The van der Waals surface area contributed by atoms with Gasteiger partial charge >= 0.3 is 0 Å². The molecule has 82 valence electrons. The number of para-hydroxylation sites is 1. The van der Waals surface area contributed by atoms with Gasteiger partial charge in [-0.25, -0.2) is 0 Å². The van der Waals surface area contributed by atoms with Crippen molar-refractivity contribution >= 4 is 23.2 Å². The fraction of sp³-hybridized carbons (Fsp3) is 0.0833. The summed E-state index contributed by atoms with van der Waals surface area (Å²) in [5, 5.41) is 3.23. The van der Waals surface area contributed by atoms with Crippen LogP contribution in [0.15, 0.2) is 41.0 Å². The lowest BCUT2D eigenvalue weighted by molar-refractivity contribution is 0.0996. The van der Waals surface area contributed by atoms with Gasteiger partial charge < -0.3 is 9.73 Å². The molecule has 1 aromatic heterocycles. The van der Waals surface area contributed by atoms with E-state index in [9.17, 15) is 4.79 Å². The maximum absolute atomic E-state index is 11.7. The molecule has 0 saturated heterocycles. The fourth-order valence-corrected chi connectivity index (χ4v) is 1.64. The van der Waals surface area contributed by atoms with Gasteiger partial charge in [-0.1, -0.05) is 23.7 Å². The van der Waals surface area contributed by atoms with Crippen molar-refractivity contribution in [3.05, 3.63) is 52.9 Å². The van der Waals surface area contributed by atoms with Gasteiger partial charge in [-0.2, -0.15) is 0 Å². The van der Waals surface area contributed by atoms with Crippen LogP contribution in [0.1, 0.15) is 16.1 Å². The summed E-state index contributed by atoms with van der Waals surface area (Å²) in [6.07, 6.45) is 1.45. The number of nitrogens with one attached hydrogen (secondary N) is 1. The normalized spacial score (nSPS) is 10.1. The monoisotopic (exact) mass is 235 g/mol. The van der Waals surface area contributed by atoms with Gasteiger partial charge in [-0.15, -0.1) is 0 Å². The molecule has 0 bridgehead atoms. The fourth-order valence-electron chi connectivity index (χ4n) is 1.37. The molecule has 1 N–H and O–H groups in total. The largest absolute Gasteiger partial charge is 0.459 e. The summed E-state index contributed by atoms with van der Waals surface area (Å²) in [6.45, 7) is 1.88. The molecule has 0 aliphatic carbocycles. The van der Waals surface area contributed by atoms with E-state index in [0.29, 0.717) is 10.7 Å². The van der Waals surface area contributed by atoms with Crippen molar-refractivity contribution in [3.8, 4) is 0 Å². The molecular weight excluding hydrogens is 226 g/mol. The second kappa shape index (κ2) is 4.41. The molecule has 4 heteroatoms. The van der Waals surface area contributed by atoms with Crippen LogP contribution in [-0.4, -0.2) is 5.91 Å². The van der Waals surface area contributed by atoms with E-state index in [1.54, 1.807) is 18.2 Å². The average molecular weight is 236 g/mol. The van der Waals surface area contributed by atoms with Crippen LogP contribution < -0.4 is 5.32 Å². The van der Waals surface area contributed by atoms with E-state index in [0.717, 1.165) is 5.56 Å². The molecule has 0 aliphatic rings. The van der Waals surface area contributed by atoms with E-state index in [1.165, 1.54) is 6.26 Å². The lowest BCUT2D eigenvalue weighted by atomic mass is 10.2. The summed E-state index contributed by atoms with van der Waals surface area (Å²) in [5.41, 5.74) is 1.53. The molecule has 3 nitrogen and oxygen atoms in total. The number of hydrogen-bond acceptors (Lipinski definition) is 2. The molecule has 0 unspecified atom stereocenters. The molecule has 1 aromatic carbocycles. The van der Waals surface area contributed by atoms with Gasteiger partial charge in [0.2, 0.25) is 0 Å². The van der Waals surface area contributed by atoms with E-state index in [2.05, 4.69) is 5.32 Å². The minimum Gasteiger partial charge on any atom is -0.459 e. The average Bonchev–Trinajstić information content (AvgIpc) is 2.76. The van der Waals surface area contributed by atoms with Gasteiger partial charge in [0.15, 0.2) is 5.76 Å². The van der Waals surface area contributed by atoms with Crippen LogP contribution in [0, 0.1) is 6.92 Å². The molecule has 0 spiro atoms. The Kier molecular flexibility index (Phi) is 2.97. The van der Waals surface area contributed by atoms with Gasteiger partial charge in [0, 0.05) is 0 Å². The standard InChI is InChI=1S/C12H10ClNO2/c1-8-4-2-5-9(13)11(8)14-12(15)10-6-3-7-16-10/h2-7H,1H3,(H,14,15). The van der Waals surface area contributed by atoms with Crippen molar-refractivity contribution in [2.45, 2.75) is 6.92 Å². The Morgan fingerprint density at radius 2 is 2.12 bits per heavy atom. The van der Waals surface area contributed by atoms with Crippen LogP contribution in [-0.2, 0) is 0 Å². The van der Waals surface area contributed by atoms with Gasteiger partial charge in [-0.05, 0) is 30.7 Å². The van der Waals surface area contributed by atoms with Crippen LogP contribution in [0.4, 0.5) is 5.69 Å². The predicted molar refractivity (Wildman–Crippen MR) is 62.9 cm³/mol. The van der Waals surface area contributed by atoms with E-state index in [4.69, 9.17) is 16.0 Å². The summed E-state index contributed by atoms with van der Waals surface area (Å²) in [5.74, 6) is -0.0412. The number of aryl methyl sites for hydroxylation is 1. The first kappa shape index (κ1) is 10.8. The molecular formula is C12H10ClNO2. The lowest BCUT2D eigenvalue weighted by Gasteiger charge is -2.08. The maximum atomic E-state index is 11.7. The highest BCUT2D eigenvalue weighted by atomic mass is 35.5. The summed E-state index contributed by atoms with van der Waals surface area (Å²) in [7, 11) is 0. The van der Waals surface area contributed by atoms with Crippen LogP contribution in [0.2, 0.25) is 5.02 Å². The Labute approximate surface area is 98.0 Å². The number of hydrogen-bond donors (Lipinski definition) is 1. The van der Waals surface area contributed by atoms with Crippen LogP contribution in [0.3, 0.4) is 0 Å². The first-order chi connectivity index (χ1) is 7.68. The third-order valence-corrected chi connectivity index (χ3v) is 2.52. The minimum absolute atomic E-state index is 0.263. The molecule has 0 atom stereocenters. The molecule has 1 amide bonds. The number of carbonyl (C=O) groups is 1. The van der Waals surface area contributed by atoms with Gasteiger partial charge in [0.1, 0.15) is 0 Å². The molecule has 2 rings (SSSR count). The maximum Gasteiger partial charge on any atom is 0.291 e. The number of rotatable bonds is 2. The first-order valence-corrected chi connectivity index (χ1v) is 5.16. The van der Waals surface area contributed by atoms with Gasteiger partial charge in [-0.3, -0.25) is 4.79 Å². The van der Waals surface area contributed by atoms with Crippen molar-refractivity contribution in [2.75, 3.05) is 5.32 Å². The third kappa shape index (κ3) is 2.09.